The van der Waals surface area contributed by atoms with Crippen LogP contribution in [-0.2, 0) is 9.59 Å². The van der Waals surface area contributed by atoms with Crippen LogP contribution in [0.2, 0.25) is 0 Å². The highest BCUT2D eigenvalue weighted by Crippen LogP contribution is 1.96. The normalized spacial score (nSPS) is 11.7. The molecule has 0 saturated carbocycles. The van der Waals surface area contributed by atoms with E-state index in [1.54, 1.807) is 0 Å². The number of carbonyl (C=O) groups excluding carboxylic acids is 1. The van der Waals surface area contributed by atoms with E-state index in [1.807, 2.05) is 0 Å². The highest BCUT2D eigenvalue weighted by molar-refractivity contribution is 5.85. The highest BCUT2D eigenvalue weighted by Gasteiger charge is 2.20. The number of hydrogen-bond acceptors (Lipinski definition) is 4. The average molecular weight is 160 g/mol. The smallest absolute Gasteiger partial charge is 0.306 e. The lowest BCUT2D eigenvalue weighted by molar-refractivity contribution is -0.139. The number of nitrogens with zero attached hydrogens (tertiary/aromatic N) is 1. The second-order valence-corrected chi connectivity index (χ2v) is 1.83. The van der Waals surface area contributed by atoms with Crippen LogP contribution >= 0.6 is 0 Å². The molecule has 0 aliphatic heterocycles. The van der Waals surface area contributed by atoms with Gasteiger partial charge in [-0.3, -0.25) is 9.59 Å². The molecule has 2 N–H and O–H groups in total. The second-order valence-electron chi connectivity index (χ2n) is 1.83. The molecule has 0 aromatic heterocycles. The van der Waals surface area contributed by atoms with Crippen LogP contribution in [0.5, 0.6) is 0 Å². The van der Waals surface area contributed by atoms with E-state index in [2.05, 4.69) is 10.5 Å². The number of aliphatic carboxylic acids is 1. The Morgan fingerprint density at radius 3 is 2.45 bits per heavy atom. The first kappa shape index (κ1) is 9.54. The van der Waals surface area contributed by atoms with E-state index in [1.165, 1.54) is 7.05 Å². The molecule has 6 nitrogen and oxygen atoms in total. The molecule has 0 spiro atoms. The SMILES string of the molecule is CNC(=O)C(CC(=O)O)N=O. The number of likely N-dealkylation sites (N-methyl/N-ethyl adjacent to an activating group) is 1. The second kappa shape index (κ2) is 4.37. The predicted octanol–water partition coefficient (Wildman–Crippen LogP) is -0.658. The van der Waals surface area contributed by atoms with Crippen molar-refractivity contribution in [3.05, 3.63) is 4.91 Å². The van der Waals surface area contributed by atoms with Gasteiger partial charge in [0.25, 0.3) is 0 Å². The van der Waals surface area contributed by atoms with Crippen LogP contribution in [0.15, 0.2) is 5.18 Å². The molecule has 0 aromatic rings. The first-order valence-electron chi connectivity index (χ1n) is 2.87. The molecule has 0 saturated heterocycles. The third-order valence-electron chi connectivity index (χ3n) is 1.04. The summed E-state index contributed by atoms with van der Waals surface area (Å²) in [6, 6.07) is -1.32. The Kier molecular flexibility index (Phi) is 3.79. The van der Waals surface area contributed by atoms with Crippen molar-refractivity contribution in [2.45, 2.75) is 12.5 Å². The first-order chi connectivity index (χ1) is 5.11. The summed E-state index contributed by atoms with van der Waals surface area (Å²) in [5.74, 6) is -1.90. The van der Waals surface area contributed by atoms with Crippen molar-refractivity contribution in [2.24, 2.45) is 5.18 Å². The molecular weight excluding hydrogens is 152 g/mol. The Bertz CT molecular complexity index is 179. The number of nitrogens with one attached hydrogen (secondary N) is 1. The van der Waals surface area contributed by atoms with Gasteiger partial charge >= 0.3 is 5.97 Å². The van der Waals surface area contributed by atoms with Gasteiger partial charge < -0.3 is 10.4 Å². The Morgan fingerprint density at radius 1 is 1.64 bits per heavy atom. The average Bonchev–Trinajstić information content (AvgIpc) is 1.98. The van der Waals surface area contributed by atoms with Gasteiger partial charge in [-0.2, -0.15) is 0 Å². The number of amides is 1. The van der Waals surface area contributed by atoms with Gasteiger partial charge in [-0.15, -0.1) is 4.91 Å². The molecule has 0 aliphatic carbocycles. The number of nitroso groups, excluding NO2 is 1. The Labute approximate surface area is 62.6 Å². The fourth-order valence-corrected chi connectivity index (χ4v) is 0.510. The Balaban J connectivity index is 4.05. The van der Waals surface area contributed by atoms with E-state index in [4.69, 9.17) is 5.11 Å². The summed E-state index contributed by atoms with van der Waals surface area (Å²) in [5.41, 5.74) is 0. The maximum Gasteiger partial charge on any atom is 0.306 e. The number of carbonyl (C=O) groups is 2. The van der Waals surface area contributed by atoms with Gasteiger partial charge in [0, 0.05) is 7.05 Å². The van der Waals surface area contributed by atoms with E-state index in [0.29, 0.717) is 0 Å². The number of carboxylic acids is 1. The molecule has 11 heavy (non-hydrogen) atoms. The van der Waals surface area contributed by atoms with Gasteiger partial charge in [-0.25, -0.2) is 0 Å². The molecule has 62 valence electrons. The van der Waals surface area contributed by atoms with Gasteiger partial charge in [0.15, 0.2) is 6.04 Å². The molecule has 0 aliphatic rings. The molecule has 6 heteroatoms. The van der Waals surface area contributed by atoms with Crippen LogP contribution in [-0.4, -0.2) is 30.1 Å². The number of rotatable bonds is 4. The molecule has 1 unspecified atom stereocenters. The largest absolute Gasteiger partial charge is 0.481 e. The molecule has 1 atom stereocenters. The summed E-state index contributed by atoms with van der Waals surface area (Å²) in [6.07, 6.45) is -0.566. The van der Waals surface area contributed by atoms with Crippen molar-refractivity contribution >= 4 is 11.9 Å². The summed E-state index contributed by atoms with van der Waals surface area (Å²) in [4.78, 5) is 30.5. The standard InChI is InChI=1S/C5H8N2O4/c1-6-5(10)3(7-11)2-4(8)9/h3H,2H2,1H3,(H,6,10)(H,8,9). The zero-order valence-corrected chi connectivity index (χ0v) is 5.90. The summed E-state index contributed by atoms with van der Waals surface area (Å²) in [5, 5.41) is 12.7. The first-order valence-corrected chi connectivity index (χ1v) is 2.87. The van der Waals surface area contributed by atoms with Crippen molar-refractivity contribution < 1.29 is 14.7 Å². The van der Waals surface area contributed by atoms with Crippen LogP contribution in [0.25, 0.3) is 0 Å². The number of hydrogen-bond donors (Lipinski definition) is 2. The third-order valence-corrected chi connectivity index (χ3v) is 1.04. The van der Waals surface area contributed by atoms with Crippen molar-refractivity contribution in [3.63, 3.8) is 0 Å². The fourth-order valence-electron chi connectivity index (χ4n) is 0.510. The molecule has 0 fully saturated rings. The molecule has 1 amide bonds. The summed E-state index contributed by atoms with van der Waals surface area (Å²) < 4.78 is 0. The number of carboxylic acid groups (broad SMARTS) is 1. The predicted molar refractivity (Wildman–Crippen MR) is 35.9 cm³/mol. The Morgan fingerprint density at radius 2 is 2.18 bits per heavy atom. The lowest BCUT2D eigenvalue weighted by Gasteiger charge is -2.02. The minimum Gasteiger partial charge on any atom is -0.481 e. The molecule has 0 radical (unpaired) electrons. The van der Waals surface area contributed by atoms with E-state index in [9.17, 15) is 14.5 Å². The van der Waals surface area contributed by atoms with Crippen LogP contribution in [0.4, 0.5) is 0 Å². The van der Waals surface area contributed by atoms with Crippen LogP contribution < -0.4 is 5.32 Å². The molecular formula is C5H8N2O4. The van der Waals surface area contributed by atoms with Gasteiger partial charge in [-0.05, 0) is 0 Å². The quantitative estimate of drug-likeness (QED) is 0.533. The van der Waals surface area contributed by atoms with E-state index in [-0.39, 0.29) is 0 Å². The van der Waals surface area contributed by atoms with E-state index in [0.717, 1.165) is 0 Å². The van der Waals surface area contributed by atoms with Crippen molar-refractivity contribution in [1.29, 1.82) is 0 Å². The van der Waals surface area contributed by atoms with Gasteiger partial charge in [-0.1, -0.05) is 5.18 Å². The van der Waals surface area contributed by atoms with Crippen LogP contribution in [0, 0.1) is 4.91 Å². The summed E-state index contributed by atoms with van der Waals surface area (Å²) in [6.45, 7) is 0. The van der Waals surface area contributed by atoms with E-state index >= 15 is 0 Å². The maximum atomic E-state index is 10.6. The maximum absolute atomic E-state index is 10.6. The fraction of sp³-hybridized carbons (Fsp3) is 0.600. The van der Waals surface area contributed by atoms with Crippen LogP contribution in [0.3, 0.4) is 0 Å². The molecule has 0 aromatic carbocycles. The van der Waals surface area contributed by atoms with Crippen molar-refractivity contribution in [2.75, 3.05) is 7.05 Å². The lowest BCUT2D eigenvalue weighted by atomic mass is 10.2. The molecule has 0 bridgehead atoms. The summed E-state index contributed by atoms with van der Waals surface area (Å²) in [7, 11) is 1.31. The summed E-state index contributed by atoms with van der Waals surface area (Å²) >= 11 is 0. The molecule has 0 rings (SSSR count). The zero-order chi connectivity index (χ0) is 8.85. The van der Waals surface area contributed by atoms with E-state index < -0.39 is 24.3 Å². The minimum atomic E-state index is -1.32. The van der Waals surface area contributed by atoms with Gasteiger partial charge in [0.2, 0.25) is 5.91 Å². The third kappa shape index (κ3) is 3.29. The Hall–Kier alpha value is -1.46. The van der Waals surface area contributed by atoms with Gasteiger partial charge in [0.05, 0.1) is 6.42 Å². The van der Waals surface area contributed by atoms with Crippen molar-refractivity contribution in [3.8, 4) is 0 Å². The highest BCUT2D eigenvalue weighted by atomic mass is 16.4. The lowest BCUT2D eigenvalue weighted by Crippen LogP contribution is -2.31. The monoisotopic (exact) mass is 160 g/mol. The van der Waals surface area contributed by atoms with Crippen LogP contribution in [0.1, 0.15) is 6.42 Å². The molecule has 0 heterocycles. The topological polar surface area (TPSA) is 95.8 Å². The van der Waals surface area contributed by atoms with Crippen molar-refractivity contribution in [1.82, 2.24) is 5.32 Å². The van der Waals surface area contributed by atoms with Gasteiger partial charge in [0.1, 0.15) is 0 Å². The zero-order valence-electron chi connectivity index (χ0n) is 5.90. The minimum absolute atomic E-state index is 0.566.